The number of aryl methyl sites for hydroxylation is 1. The number of hydrogen-bond acceptors (Lipinski definition) is 5. The molecule has 1 aliphatic heterocycles. The van der Waals surface area contributed by atoms with Gasteiger partial charge in [-0.25, -0.2) is 4.79 Å². The standard InChI is InChI=1S/C11H12N2O5/c1-2-18-11(17)7-5-8-9(14)6(10(15)16)3-4-13(8)12-7/h5-6H,2-4H2,1H3,(H,15,16). The van der Waals surface area contributed by atoms with E-state index in [1.807, 2.05) is 0 Å². The van der Waals surface area contributed by atoms with Crippen LogP contribution in [0.15, 0.2) is 6.07 Å². The van der Waals surface area contributed by atoms with Crippen LogP contribution in [0.25, 0.3) is 0 Å². The largest absolute Gasteiger partial charge is 0.481 e. The van der Waals surface area contributed by atoms with Gasteiger partial charge in [0.1, 0.15) is 11.6 Å². The number of aliphatic carboxylic acids is 1. The first-order valence-corrected chi connectivity index (χ1v) is 5.56. The highest BCUT2D eigenvalue weighted by Crippen LogP contribution is 2.21. The zero-order valence-electron chi connectivity index (χ0n) is 9.75. The maximum atomic E-state index is 11.9. The third-order valence-electron chi connectivity index (χ3n) is 2.76. The normalized spacial score (nSPS) is 18.3. The topological polar surface area (TPSA) is 98.5 Å². The van der Waals surface area contributed by atoms with Gasteiger partial charge in [-0.1, -0.05) is 0 Å². The summed E-state index contributed by atoms with van der Waals surface area (Å²) >= 11 is 0. The molecule has 0 fully saturated rings. The van der Waals surface area contributed by atoms with Gasteiger partial charge in [0.2, 0.25) is 0 Å². The van der Waals surface area contributed by atoms with E-state index in [2.05, 4.69) is 5.10 Å². The molecule has 96 valence electrons. The highest BCUT2D eigenvalue weighted by atomic mass is 16.5. The van der Waals surface area contributed by atoms with Crippen LogP contribution in [0.2, 0.25) is 0 Å². The third-order valence-corrected chi connectivity index (χ3v) is 2.76. The van der Waals surface area contributed by atoms with Crippen molar-refractivity contribution in [2.24, 2.45) is 5.92 Å². The monoisotopic (exact) mass is 252 g/mol. The highest BCUT2D eigenvalue weighted by Gasteiger charge is 2.34. The van der Waals surface area contributed by atoms with E-state index >= 15 is 0 Å². The number of aromatic nitrogens is 2. The van der Waals surface area contributed by atoms with Crippen LogP contribution < -0.4 is 0 Å². The Hall–Kier alpha value is -2.18. The fraction of sp³-hybridized carbons (Fsp3) is 0.455. The minimum atomic E-state index is -1.15. The second kappa shape index (κ2) is 4.59. The Morgan fingerprint density at radius 2 is 2.33 bits per heavy atom. The molecule has 7 nitrogen and oxygen atoms in total. The lowest BCUT2D eigenvalue weighted by Gasteiger charge is -2.17. The zero-order valence-corrected chi connectivity index (χ0v) is 9.75. The minimum absolute atomic E-state index is 0.0336. The summed E-state index contributed by atoms with van der Waals surface area (Å²) in [6, 6.07) is 1.29. The number of esters is 1. The highest BCUT2D eigenvalue weighted by molar-refractivity contribution is 6.08. The molecule has 1 aromatic rings. The molecule has 0 bridgehead atoms. The van der Waals surface area contributed by atoms with Gasteiger partial charge >= 0.3 is 11.9 Å². The van der Waals surface area contributed by atoms with Gasteiger partial charge in [-0.3, -0.25) is 14.3 Å². The van der Waals surface area contributed by atoms with E-state index in [1.54, 1.807) is 6.92 Å². The fourth-order valence-corrected chi connectivity index (χ4v) is 1.89. The van der Waals surface area contributed by atoms with E-state index < -0.39 is 23.6 Å². The van der Waals surface area contributed by atoms with Gasteiger partial charge in [-0.05, 0) is 13.3 Å². The van der Waals surface area contributed by atoms with E-state index in [-0.39, 0.29) is 24.4 Å². The summed E-state index contributed by atoms with van der Waals surface area (Å²) in [7, 11) is 0. The Morgan fingerprint density at radius 3 is 2.94 bits per heavy atom. The Labute approximate surface area is 102 Å². The molecule has 0 spiro atoms. The maximum absolute atomic E-state index is 11.9. The summed E-state index contributed by atoms with van der Waals surface area (Å²) in [5.74, 6) is -3.33. The number of carbonyl (C=O) groups excluding carboxylic acids is 2. The fourth-order valence-electron chi connectivity index (χ4n) is 1.89. The molecule has 0 aliphatic carbocycles. The van der Waals surface area contributed by atoms with Crippen LogP contribution in [0.3, 0.4) is 0 Å². The van der Waals surface area contributed by atoms with Gasteiger partial charge in [0, 0.05) is 12.6 Å². The van der Waals surface area contributed by atoms with Crippen LogP contribution in [-0.4, -0.2) is 39.2 Å². The molecule has 0 saturated carbocycles. The van der Waals surface area contributed by atoms with Crippen LogP contribution in [0.4, 0.5) is 0 Å². The van der Waals surface area contributed by atoms with Gasteiger partial charge in [-0.2, -0.15) is 5.10 Å². The molecule has 0 saturated heterocycles. The van der Waals surface area contributed by atoms with Crippen molar-refractivity contribution < 1.29 is 24.2 Å². The number of ether oxygens (including phenoxy) is 1. The molecular formula is C11H12N2O5. The summed E-state index contributed by atoms with van der Waals surface area (Å²) in [6.07, 6.45) is 0.186. The van der Waals surface area contributed by atoms with Gasteiger partial charge in [0.25, 0.3) is 0 Å². The molecular weight excluding hydrogens is 240 g/mol. The van der Waals surface area contributed by atoms with Crippen LogP contribution >= 0.6 is 0 Å². The summed E-state index contributed by atoms with van der Waals surface area (Å²) < 4.78 is 6.13. The van der Waals surface area contributed by atoms with E-state index in [4.69, 9.17) is 9.84 Å². The Bertz CT molecular complexity index is 520. The third kappa shape index (κ3) is 1.99. The van der Waals surface area contributed by atoms with Crippen molar-refractivity contribution in [1.82, 2.24) is 9.78 Å². The number of ketones is 1. The van der Waals surface area contributed by atoms with Crippen molar-refractivity contribution in [3.05, 3.63) is 17.5 Å². The predicted octanol–water partition coefficient (Wildman–Crippen LogP) is 0.347. The zero-order chi connectivity index (χ0) is 13.3. The van der Waals surface area contributed by atoms with E-state index in [0.29, 0.717) is 6.54 Å². The molecule has 7 heteroatoms. The molecule has 0 amide bonds. The van der Waals surface area contributed by atoms with Crippen molar-refractivity contribution in [3.63, 3.8) is 0 Å². The molecule has 1 aromatic heterocycles. The van der Waals surface area contributed by atoms with Crippen molar-refractivity contribution in [1.29, 1.82) is 0 Å². The van der Waals surface area contributed by atoms with Crippen molar-refractivity contribution >= 4 is 17.7 Å². The van der Waals surface area contributed by atoms with Crippen molar-refractivity contribution in [2.75, 3.05) is 6.61 Å². The van der Waals surface area contributed by atoms with Crippen molar-refractivity contribution in [3.8, 4) is 0 Å². The van der Waals surface area contributed by atoms with Gasteiger partial charge in [-0.15, -0.1) is 0 Å². The van der Waals surface area contributed by atoms with Crippen LogP contribution in [-0.2, 0) is 16.1 Å². The lowest BCUT2D eigenvalue weighted by molar-refractivity contribution is -0.140. The summed E-state index contributed by atoms with van der Waals surface area (Å²) in [5.41, 5.74) is 0.183. The summed E-state index contributed by atoms with van der Waals surface area (Å²) in [5, 5.41) is 12.8. The SMILES string of the molecule is CCOC(=O)c1cc2n(n1)CCC(C(=O)O)C2=O. The van der Waals surface area contributed by atoms with Crippen LogP contribution in [0, 0.1) is 5.92 Å². The molecule has 18 heavy (non-hydrogen) atoms. The molecule has 0 aromatic carbocycles. The number of fused-ring (bicyclic) bond motifs is 1. The number of rotatable bonds is 3. The number of carbonyl (C=O) groups is 3. The summed E-state index contributed by atoms with van der Waals surface area (Å²) in [6.45, 7) is 2.18. The van der Waals surface area contributed by atoms with Gasteiger partial charge in [0.15, 0.2) is 11.5 Å². The van der Waals surface area contributed by atoms with E-state index in [0.717, 1.165) is 0 Å². The second-order valence-corrected chi connectivity index (χ2v) is 3.90. The maximum Gasteiger partial charge on any atom is 0.358 e. The van der Waals surface area contributed by atoms with Crippen LogP contribution in [0.5, 0.6) is 0 Å². The molecule has 1 N–H and O–H groups in total. The first kappa shape index (κ1) is 12.3. The Balaban J connectivity index is 2.30. The minimum Gasteiger partial charge on any atom is -0.481 e. The number of Topliss-reactive ketones (excluding diaryl/α,β-unsaturated/α-hetero) is 1. The first-order valence-electron chi connectivity index (χ1n) is 5.56. The molecule has 1 atom stereocenters. The van der Waals surface area contributed by atoms with E-state index in [1.165, 1.54) is 10.7 Å². The summed E-state index contributed by atoms with van der Waals surface area (Å²) in [4.78, 5) is 34.2. The first-order chi connectivity index (χ1) is 8.54. The second-order valence-electron chi connectivity index (χ2n) is 3.90. The lowest BCUT2D eigenvalue weighted by atomic mass is 9.95. The van der Waals surface area contributed by atoms with Gasteiger partial charge in [0.05, 0.1) is 6.61 Å². The number of hydrogen-bond donors (Lipinski definition) is 1. The van der Waals surface area contributed by atoms with Crippen molar-refractivity contribution in [2.45, 2.75) is 19.9 Å². The van der Waals surface area contributed by atoms with Gasteiger partial charge < -0.3 is 9.84 Å². The van der Waals surface area contributed by atoms with E-state index in [9.17, 15) is 14.4 Å². The molecule has 1 unspecified atom stereocenters. The Kier molecular flexibility index (Phi) is 3.14. The van der Waals surface area contributed by atoms with Crippen LogP contribution in [0.1, 0.15) is 34.3 Å². The number of nitrogens with zero attached hydrogens (tertiary/aromatic N) is 2. The quantitative estimate of drug-likeness (QED) is 0.615. The molecule has 1 aliphatic rings. The smallest absolute Gasteiger partial charge is 0.358 e. The lowest BCUT2D eigenvalue weighted by Crippen LogP contribution is -2.32. The molecule has 2 heterocycles. The average Bonchev–Trinajstić information content (AvgIpc) is 2.74. The molecule has 2 rings (SSSR count). The predicted molar refractivity (Wildman–Crippen MR) is 58.3 cm³/mol. The average molecular weight is 252 g/mol. The Morgan fingerprint density at radius 1 is 1.61 bits per heavy atom. The number of carboxylic acid groups (broad SMARTS) is 1. The molecule has 0 radical (unpaired) electrons. The number of carboxylic acids is 1.